The highest BCUT2D eigenvalue weighted by Crippen LogP contribution is 2.25. The van der Waals surface area contributed by atoms with Crippen LogP contribution in [0.1, 0.15) is 23.1 Å². The van der Waals surface area contributed by atoms with E-state index in [2.05, 4.69) is 23.3 Å². The van der Waals surface area contributed by atoms with E-state index in [1.807, 2.05) is 24.3 Å². The molecule has 0 fully saturated rings. The summed E-state index contributed by atoms with van der Waals surface area (Å²) in [6, 6.07) is 13.1. The summed E-state index contributed by atoms with van der Waals surface area (Å²) in [7, 11) is 0. The molecule has 0 bridgehead atoms. The van der Waals surface area contributed by atoms with E-state index in [0.29, 0.717) is 6.42 Å². The largest absolute Gasteiger partial charge is 0.313 e. The van der Waals surface area contributed by atoms with Crippen LogP contribution in [0.4, 0.5) is 4.39 Å². The van der Waals surface area contributed by atoms with Gasteiger partial charge in [0.15, 0.2) is 0 Å². The molecule has 0 aliphatic heterocycles. The number of nitrogens with zero attached hydrogens (tertiary/aromatic N) is 1. The van der Waals surface area contributed by atoms with Crippen LogP contribution in [0, 0.1) is 5.82 Å². The van der Waals surface area contributed by atoms with E-state index in [-0.39, 0.29) is 5.82 Å². The minimum atomic E-state index is -0.189. The summed E-state index contributed by atoms with van der Waals surface area (Å²) < 4.78 is 14.7. The smallest absolute Gasteiger partial charge is 0.123 e. The summed E-state index contributed by atoms with van der Waals surface area (Å²) in [5, 5.41) is 4.32. The van der Waals surface area contributed by atoms with Gasteiger partial charge in [-0.2, -0.15) is 0 Å². The van der Waals surface area contributed by atoms with E-state index in [1.165, 1.54) is 10.8 Å². The molecule has 1 N–H and O–H groups in total. The molecule has 0 aliphatic rings. The van der Waals surface area contributed by atoms with Crippen LogP contribution in [-0.4, -0.2) is 11.5 Å². The number of aromatic nitrogens is 1. The summed E-state index contributed by atoms with van der Waals surface area (Å²) in [6.45, 7) is 3.73. The van der Waals surface area contributed by atoms with E-state index in [1.54, 1.807) is 17.4 Å². The van der Waals surface area contributed by atoms with Crippen LogP contribution in [0.5, 0.6) is 0 Å². The predicted molar refractivity (Wildman–Crippen MR) is 86.2 cm³/mol. The topological polar surface area (TPSA) is 24.9 Å². The second-order valence-corrected chi connectivity index (χ2v) is 6.06. The van der Waals surface area contributed by atoms with Gasteiger partial charge < -0.3 is 5.32 Å². The Morgan fingerprint density at radius 1 is 1.14 bits per heavy atom. The van der Waals surface area contributed by atoms with Crippen LogP contribution in [-0.2, 0) is 13.0 Å². The van der Waals surface area contributed by atoms with Gasteiger partial charge in [-0.1, -0.05) is 25.1 Å². The fourth-order valence-corrected chi connectivity index (χ4v) is 3.34. The monoisotopic (exact) mass is 300 g/mol. The number of fused-ring (bicyclic) bond motifs is 1. The van der Waals surface area contributed by atoms with Gasteiger partial charge in [-0.25, -0.2) is 9.37 Å². The molecule has 21 heavy (non-hydrogen) atoms. The number of nitrogens with one attached hydrogen (secondary N) is 1. The highest BCUT2D eigenvalue weighted by molar-refractivity contribution is 7.18. The van der Waals surface area contributed by atoms with Gasteiger partial charge in [0, 0.05) is 13.0 Å². The third kappa shape index (κ3) is 3.28. The Labute approximate surface area is 127 Å². The molecule has 0 unspecified atom stereocenters. The molecule has 1 aromatic heterocycles. The van der Waals surface area contributed by atoms with E-state index < -0.39 is 0 Å². The molecule has 108 valence electrons. The SMILES string of the molecule is CCNCc1ccc(F)cc1Cc1nc2ccccc2s1. The van der Waals surface area contributed by atoms with Gasteiger partial charge in [-0.15, -0.1) is 11.3 Å². The third-order valence-electron chi connectivity index (χ3n) is 3.41. The van der Waals surface area contributed by atoms with Crippen molar-refractivity contribution in [3.8, 4) is 0 Å². The van der Waals surface area contributed by atoms with Crippen molar-refractivity contribution in [3.63, 3.8) is 0 Å². The molecule has 0 amide bonds. The number of para-hydroxylation sites is 1. The van der Waals surface area contributed by atoms with Crippen LogP contribution >= 0.6 is 11.3 Å². The molecule has 0 atom stereocenters. The zero-order valence-electron chi connectivity index (χ0n) is 11.9. The normalized spacial score (nSPS) is 11.1. The standard InChI is InChI=1S/C17H17FN2S/c1-2-19-11-12-7-8-14(18)9-13(12)10-17-20-15-5-3-4-6-16(15)21-17/h3-9,19H,2,10-11H2,1H3. The summed E-state index contributed by atoms with van der Waals surface area (Å²) in [5.41, 5.74) is 3.16. The average molecular weight is 300 g/mol. The van der Waals surface area contributed by atoms with Crippen molar-refractivity contribution in [2.75, 3.05) is 6.54 Å². The van der Waals surface area contributed by atoms with Crippen LogP contribution < -0.4 is 5.32 Å². The van der Waals surface area contributed by atoms with Crippen molar-refractivity contribution in [1.82, 2.24) is 10.3 Å². The zero-order valence-corrected chi connectivity index (χ0v) is 12.7. The number of halogens is 1. The van der Waals surface area contributed by atoms with Gasteiger partial charge in [-0.05, 0) is 41.9 Å². The molecule has 2 nitrogen and oxygen atoms in total. The zero-order chi connectivity index (χ0) is 14.7. The van der Waals surface area contributed by atoms with Crippen LogP contribution in [0.15, 0.2) is 42.5 Å². The number of benzene rings is 2. The first-order valence-electron chi connectivity index (χ1n) is 7.08. The second kappa shape index (κ2) is 6.33. The second-order valence-electron chi connectivity index (χ2n) is 4.95. The number of hydrogen-bond acceptors (Lipinski definition) is 3. The van der Waals surface area contributed by atoms with Gasteiger partial charge >= 0.3 is 0 Å². The number of hydrogen-bond donors (Lipinski definition) is 1. The molecule has 3 rings (SSSR count). The molecule has 0 aliphatic carbocycles. The molecule has 2 aromatic carbocycles. The fourth-order valence-electron chi connectivity index (χ4n) is 2.35. The van der Waals surface area contributed by atoms with E-state index in [0.717, 1.165) is 34.7 Å². The first-order valence-corrected chi connectivity index (χ1v) is 7.90. The predicted octanol–water partition coefficient (Wildman–Crippen LogP) is 4.14. The molecule has 1 heterocycles. The fraction of sp³-hybridized carbons (Fsp3) is 0.235. The Bertz CT molecular complexity index is 718. The first kappa shape index (κ1) is 14.2. The van der Waals surface area contributed by atoms with Crippen molar-refractivity contribution in [1.29, 1.82) is 0 Å². The lowest BCUT2D eigenvalue weighted by Gasteiger charge is -2.09. The van der Waals surface area contributed by atoms with Gasteiger partial charge in [0.2, 0.25) is 0 Å². The lowest BCUT2D eigenvalue weighted by molar-refractivity contribution is 0.623. The van der Waals surface area contributed by atoms with Crippen molar-refractivity contribution >= 4 is 21.6 Å². The van der Waals surface area contributed by atoms with Crippen molar-refractivity contribution in [2.45, 2.75) is 19.9 Å². The molecular weight excluding hydrogens is 283 g/mol. The van der Waals surface area contributed by atoms with Crippen molar-refractivity contribution in [3.05, 3.63) is 64.4 Å². The maximum atomic E-state index is 13.5. The Kier molecular flexibility index (Phi) is 4.27. The Morgan fingerprint density at radius 3 is 2.81 bits per heavy atom. The number of thiazole rings is 1. The Morgan fingerprint density at radius 2 is 2.00 bits per heavy atom. The van der Waals surface area contributed by atoms with Gasteiger partial charge in [0.1, 0.15) is 5.82 Å². The number of rotatable bonds is 5. The molecule has 0 spiro atoms. The van der Waals surface area contributed by atoms with E-state index in [4.69, 9.17) is 0 Å². The molecule has 4 heteroatoms. The molecule has 0 saturated carbocycles. The van der Waals surface area contributed by atoms with Crippen LogP contribution in [0.25, 0.3) is 10.2 Å². The molecule has 0 radical (unpaired) electrons. The summed E-state index contributed by atoms with van der Waals surface area (Å²) >= 11 is 1.68. The Balaban J connectivity index is 1.90. The van der Waals surface area contributed by atoms with Gasteiger partial charge in [0.25, 0.3) is 0 Å². The quantitative estimate of drug-likeness (QED) is 0.766. The molecule has 3 aromatic rings. The molecular formula is C17H17FN2S. The van der Waals surface area contributed by atoms with Crippen LogP contribution in [0.3, 0.4) is 0 Å². The lowest BCUT2D eigenvalue weighted by Crippen LogP contribution is -2.13. The minimum absolute atomic E-state index is 0.189. The lowest BCUT2D eigenvalue weighted by atomic mass is 10.0. The highest BCUT2D eigenvalue weighted by Gasteiger charge is 2.09. The van der Waals surface area contributed by atoms with E-state index in [9.17, 15) is 4.39 Å². The summed E-state index contributed by atoms with van der Waals surface area (Å²) in [4.78, 5) is 4.63. The van der Waals surface area contributed by atoms with E-state index >= 15 is 0 Å². The Hall–Kier alpha value is -1.78. The average Bonchev–Trinajstić information content (AvgIpc) is 2.88. The van der Waals surface area contributed by atoms with Crippen molar-refractivity contribution < 1.29 is 4.39 Å². The van der Waals surface area contributed by atoms with Crippen molar-refractivity contribution in [2.24, 2.45) is 0 Å². The maximum Gasteiger partial charge on any atom is 0.123 e. The maximum absolute atomic E-state index is 13.5. The first-order chi connectivity index (χ1) is 10.3. The third-order valence-corrected chi connectivity index (χ3v) is 4.45. The van der Waals surface area contributed by atoms with Crippen LogP contribution in [0.2, 0.25) is 0 Å². The summed E-state index contributed by atoms with van der Waals surface area (Å²) in [6.07, 6.45) is 0.678. The van der Waals surface area contributed by atoms with Gasteiger partial charge in [0.05, 0.1) is 15.2 Å². The highest BCUT2D eigenvalue weighted by atomic mass is 32.1. The minimum Gasteiger partial charge on any atom is -0.313 e. The van der Waals surface area contributed by atoms with Gasteiger partial charge in [-0.3, -0.25) is 0 Å². The molecule has 0 saturated heterocycles. The summed E-state index contributed by atoms with van der Waals surface area (Å²) in [5.74, 6) is -0.189.